The first-order valence-corrected chi connectivity index (χ1v) is 7.50. The lowest BCUT2D eigenvalue weighted by Crippen LogP contribution is -2.42. The predicted molar refractivity (Wildman–Crippen MR) is 72.3 cm³/mol. The summed E-state index contributed by atoms with van der Waals surface area (Å²) in [7, 11) is 0. The lowest BCUT2D eigenvalue weighted by atomic mass is 9.83. The number of ether oxygens (including phenoxy) is 1. The van der Waals surface area contributed by atoms with Gasteiger partial charge in [0, 0.05) is 12.3 Å². The summed E-state index contributed by atoms with van der Waals surface area (Å²) in [6.45, 7) is 6.26. The van der Waals surface area contributed by atoms with Crippen molar-refractivity contribution in [3.8, 4) is 0 Å². The fraction of sp³-hybridized carbons (Fsp3) is 0.933. The molecule has 1 aliphatic heterocycles. The van der Waals surface area contributed by atoms with Gasteiger partial charge in [0.15, 0.2) is 0 Å². The van der Waals surface area contributed by atoms with E-state index in [1.165, 1.54) is 25.7 Å². The Morgan fingerprint density at radius 2 is 1.78 bits per heavy atom. The Labute approximate surface area is 111 Å². The van der Waals surface area contributed by atoms with E-state index in [-0.39, 0.29) is 11.6 Å². The van der Waals surface area contributed by atoms with Gasteiger partial charge in [0.05, 0.1) is 0 Å². The van der Waals surface area contributed by atoms with Crippen LogP contribution in [0.3, 0.4) is 0 Å². The van der Waals surface area contributed by atoms with Crippen LogP contribution >= 0.6 is 0 Å². The summed E-state index contributed by atoms with van der Waals surface area (Å²) in [6.07, 6.45) is 7.86. The number of esters is 1. The first-order chi connectivity index (χ1) is 8.58. The van der Waals surface area contributed by atoms with Crippen molar-refractivity contribution in [2.75, 3.05) is 13.1 Å². The number of piperidine rings is 1. The number of rotatable bonds is 4. The van der Waals surface area contributed by atoms with E-state index < -0.39 is 0 Å². The molecule has 3 heteroatoms. The molecule has 0 amide bonds. The average molecular weight is 253 g/mol. The molecular weight excluding hydrogens is 226 g/mol. The molecule has 1 saturated heterocycles. The lowest BCUT2D eigenvalue weighted by Gasteiger charge is -2.37. The van der Waals surface area contributed by atoms with Crippen molar-refractivity contribution in [2.24, 2.45) is 11.8 Å². The van der Waals surface area contributed by atoms with Gasteiger partial charge < -0.3 is 10.1 Å². The van der Waals surface area contributed by atoms with E-state index in [4.69, 9.17) is 4.74 Å². The SMILES string of the molecule is CC(C)(OC(=O)CC1CCCC1)C1CCNCC1. The molecule has 0 radical (unpaired) electrons. The molecule has 0 atom stereocenters. The Morgan fingerprint density at radius 3 is 2.39 bits per heavy atom. The molecule has 0 unspecified atom stereocenters. The molecule has 104 valence electrons. The normalized spacial score (nSPS) is 23.2. The van der Waals surface area contributed by atoms with Crippen LogP contribution in [0.5, 0.6) is 0 Å². The molecular formula is C15H27NO2. The van der Waals surface area contributed by atoms with E-state index >= 15 is 0 Å². The summed E-state index contributed by atoms with van der Waals surface area (Å²) < 4.78 is 5.77. The van der Waals surface area contributed by atoms with Crippen LogP contribution in [-0.2, 0) is 9.53 Å². The number of carbonyl (C=O) groups is 1. The van der Waals surface area contributed by atoms with Gasteiger partial charge in [0.2, 0.25) is 0 Å². The van der Waals surface area contributed by atoms with Crippen molar-refractivity contribution in [1.82, 2.24) is 5.32 Å². The first kappa shape index (κ1) is 13.9. The monoisotopic (exact) mass is 253 g/mol. The number of hydrogen-bond donors (Lipinski definition) is 1. The highest BCUT2D eigenvalue weighted by Gasteiger charge is 2.34. The second-order valence-corrected chi connectivity index (χ2v) is 6.46. The van der Waals surface area contributed by atoms with Crippen LogP contribution in [0.1, 0.15) is 58.8 Å². The largest absolute Gasteiger partial charge is 0.459 e. The van der Waals surface area contributed by atoms with Gasteiger partial charge in [-0.25, -0.2) is 0 Å². The maximum Gasteiger partial charge on any atom is 0.306 e. The van der Waals surface area contributed by atoms with Gasteiger partial charge in [-0.2, -0.15) is 0 Å². The summed E-state index contributed by atoms with van der Waals surface area (Å²) >= 11 is 0. The van der Waals surface area contributed by atoms with Crippen molar-refractivity contribution in [1.29, 1.82) is 0 Å². The summed E-state index contributed by atoms with van der Waals surface area (Å²) in [6, 6.07) is 0. The van der Waals surface area contributed by atoms with Crippen LogP contribution in [0.4, 0.5) is 0 Å². The Balaban J connectivity index is 1.80. The van der Waals surface area contributed by atoms with Crippen LogP contribution in [0, 0.1) is 11.8 Å². The highest BCUT2D eigenvalue weighted by Crippen LogP contribution is 2.32. The molecule has 2 fully saturated rings. The van der Waals surface area contributed by atoms with Crippen LogP contribution in [0.2, 0.25) is 0 Å². The van der Waals surface area contributed by atoms with E-state index in [0.717, 1.165) is 25.9 Å². The van der Waals surface area contributed by atoms with E-state index in [0.29, 0.717) is 18.3 Å². The number of hydrogen-bond acceptors (Lipinski definition) is 3. The molecule has 2 rings (SSSR count). The lowest BCUT2D eigenvalue weighted by molar-refractivity contribution is -0.163. The summed E-state index contributed by atoms with van der Waals surface area (Å²) in [5.41, 5.74) is -0.294. The van der Waals surface area contributed by atoms with Crippen molar-refractivity contribution in [3.63, 3.8) is 0 Å². The van der Waals surface area contributed by atoms with Crippen molar-refractivity contribution in [2.45, 2.75) is 64.4 Å². The van der Waals surface area contributed by atoms with Gasteiger partial charge in [-0.15, -0.1) is 0 Å². The zero-order chi connectivity index (χ0) is 13.0. The molecule has 0 spiro atoms. The van der Waals surface area contributed by atoms with Gasteiger partial charge in [-0.1, -0.05) is 12.8 Å². The Bertz CT molecular complexity index is 276. The van der Waals surface area contributed by atoms with Crippen LogP contribution in [-0.4, -0.2) is 24.7 Å². The zero-order valence-corrected chi connectivity index (χ0v) is 11.8. The summed E-state index contributed by atoms with van der Waals surface area (Å²) in [4.78, 5) is 12.0. The quantitative estimate of drug-likeness (QED) is 0.783. The molecule has 0 aromatic rings. The van der Waals surface area contributed by atoms with Crippen LogP contribution in [0.15, 0.2) is 0 Å². The molecule has 3 nitrogen and oxygen atoms in total. The minimum Gasteiger partial charge on any atom is -0.459 e. The molecule has 1 saturated carbocycles. The predicted octanol–water partition coefficient (Wildman–Crippen LogP) is 2.89. The Hall–Kier alpha value is -0.570. The van der Waals surface area contributed by atoms with Crippen molar-refractivity contribution >= 4 is 5.97 Å². The fourth-order valence-electron chi connectivity index (χ4n) is 3.39. The Morgan fingerprint density at radius 1 is 1.17 bits per heavy atom. The third kappa shape index (κ3) is 3.71. The van der Waals surface area contributed by atoms with Gasteiger partial charge in [0.25, 0.3) is 0 Å². The standard InChI is InChI=1S/C15H27NO2/c1-15(2,13-7-9-16-10-8-13)18-14(17)11-12-5-3-4-6-12/h12-13,16H,3-11H2,1-2H3. The molecule has 18 heavy (non-hydrogen) atoms. The summed E-state index contributed by atoms with van der Waals surface area (Å²) in [5.74, 6) is 1.11. The van der Waals surface area contributed by atoms with E-state index in [9.17, 15) is 4.79 Å². The molecule has 0 bridgehead atoms. The van der Waals surface area contributed by atoms with Crippen molar-refractivity contribution < 1.29 is 9.53 Å². The van der Waals surface area contributed by atoms with Gasteiger partial charge in [-0.3, -0.25) is 4.79 Å². The van der Waals surface area contributed by atoms with Crippen molar-refractivity contribution in [3.05, 3.63) is 0 Å². The molecule has 1 N–H and O–H groups in total. The fourth-order valence-corrected chi connectivity index (χ4v) is 3.39. The molecule has 0 aromatic carbocycles. The second-order valence-electron chi connectivity index (χ2n) is 6.46. The second kappa shape index (κ2) is 6.05. The maximum absolute atomic E-state index is 12.0. The minimum atomic E-state index is -0.294. The third-order valence-electron chi connectivity index (χ3n) is 4.63. The molecule has 1 heterocycles. The highest BCUT2D eigenvalue weighted by atomic mass is 16.6. The van der Waals surface area contributed by atoms with Crippen LogP contribution < -0.4 is 5.32 Å². The molecule has 2 aliphatic rings. The third-order valence-corrected chi connectivity index (χ3v) is 4.63. The summed E-state index contributed by atoms with van der Waals surface area (Å²) in [5, 5.41) is 3.36. The van der Waals surface area contributed by atoms with E-state index in [1.807, 2.05) is 0 Å². The van der Waals surface area contributed by atoms with Gasteiger partial charge in [-0.05, 0) is 58.5 Å². The molecule has 0 aromatic heterocycles. The highest BCUT2D eigenvalue weighted by molar-refractivity contribution is 5.70. The van der Waals surface area contributed by atoms with E-state index in [1.54, 1.807) is 0 Å². The van der Waals surface area contributed by atoms with Gasteiger partial charge >= 0.3 is 5.97 Å². The molecule has 1 aliphatic carbocycles. The maximum atomic E-state index is 12.0. The van der Waals surface area contributed by atoms with E-state index in [2.05, 4.69) is 19.2 Å². The average Bonchev–Trinajstić information content (AvgIpc) is 2.82. The minimum absolute atomic E-state index is 0.0189. The zero-order valence-electron chi connectivity index (χ0n) is 11.8. The number of carbonyl (C=O) groups excluding carboxylic acids is 1. The van der Waals surface area contributed by atoms with Gasteiger partial charge in [0.1, 0.15) is 5.60 Å². The van der Waals surface area contributed by atoms with Crippen LogP contribution in [0.25, 0.3) is 0 Å². The Kier molecular flexibility index (Phi) is 4.66. The first-order valence-electron chi connectivity index (χ1n) is 7.50. The smallest absolute Gasteiger partial charge is 0.306 e. The topological polar surface area (TPSA) is 38.3 Å². The number of nitrogens with one attached hydrogen (secondary N) is 1.